The van der Waals surface area contributed by atoms with Crippen molar-refractivity contribution in [3.8, 4) is 17.1 Å². The van der Waals surface area contributed by atoms with E-state index >= 15 is 0 Å². The molecule has 3 rings (SSSR count). The van der Waals surface area contributed by atoms with E-state index < -0.39 is 0 Å². The highest BCUT2D eigenvalue weighted by Crippen LogP contribution is 2.33. The van der Waals surface area contributed by atoms with E-state index in [0.717, 1.165) is 39.1 Å². The standard InChI is InChI=1S/C23H30N4O3/c1-8-18-16(10-17(22(28)24-5)23(25-18)30-7)20-13(2)9-19-21(26-20)14(3)11-27(19)15(4)12-29-6/h9-11,15H,8,12H2,1-7H3,(H,24,28)/t15-/m0/s1. The molecule has 0 aliphatic carbocycles. The summed E-state index contributed by atoms with van der Waals surface area (Å²) in [5, 5.41) is 2.66. The lowest BCUT2D eigenvalue weighted by Gasteiger charge is -2.16. The number of pyridine rings is 2. The minimum atomic E-state index is -0.238. The molecule has 3 aromatic rings. The van der Waals surface area contributed by atoms with Crippen LogP contribution in [0.4, 0.5) is 0 Å². The second-order valence-electron chi connectivity index (χ2n) is 7.52. The number of hydrogen-bond acceptors (Lipinski definition) is 5. The third-order valence-corrected chi connectivity index (χ3v) is 5.38. The van der Waals surface area contributed by atoms with Gasteiger partial charge in [0.2, 0.25) is 5.88 Å². The average Bonchev–Trinajstić information content (AvgIpc) is 3.07. The third kappa shape index (κ3) is 3.77. The van der Waals surface area contributed by atoms with Crippen molar-refractivity contribution in [2.45, 2.75) is 40.2 Å². The number of nitrogens with zero attached hydrogens (tertiary/aromatic N) is 3. The molecule has 3 aromatic heterocycles. The monoisotopic (exact) mass is 410 g/mol. The van der Waals surface area contributed by atoms with Crippen LogP contribution in [0.5, 0.6) is 5.88 Å². The molecule has 160 valence electrons. The minimum absolute atomic E-state index is 0.201. The summed E-state index contributed by atoms with van der Waals surface area (Å²) >= 11 is 0. The van der Waals surface area contributed by atoms with Crippen LogP contribution in [0.3, 0.4) is 0 Å². The fourth-order valence-corrected chi connectivity index (χ4v) is 3.84. The topological polar surface area (TPSA) is 78.3 Å². The van der Waals surface area contributed by atoms with E-state index in [-0.39, 0.29) is 11.9 Å². The van der Waals surface area contributed by atoms with Crippen molar-refractivity contribution < 1.29 is 14.3 Å². The summed E-state index contributed by atoms with van der Waals surface area (Å²) in [6, 6.07) is 4.19. The van der Waals surface area contributed by atoms with Gasteiger partial charge in [0.05, 0.1) is 42.2 Å². The molecule has 0 aromatic carbocycles. The van der Waals surface area contributed by atoms with Crippen LogP contribution in [0.2, 0.25) is 0 Å². The number of rotatable bonds is 7. The van der Waals surface area contributed by atoms with Crippen LogP contribution in [-0.4, -0.2) is 48.3 Å². The van der Waals surface area contributed by atoms with E-state index in [1.807, 2.05) is 19.9 Å². The first-order chi connectivity index (χ1) is 14.4. The Balaban J connectivity index is 2.25. The van der Waals surface area contributed by atoms with Crippen LogP contribution in [0.1, 0.15) is 47.1 Å². The molecule has 3 heterocycles. The Kier molecular flexibility index (Phi) is 6.41. The van der Waals surface area contributed by atoms with Crippen molar-refractivity contribution in [1.82, 2.24) is 19.9 Å². The van der Waals surface area contributed by atoms with Crippen molar-refractivity contribution in [2.24, 2.45) is 0 Å². The Bertz CT molecular complexity index is 1090. The summed E-state index contributed by atoms with van der Waals surface area (Å²) in [6.07, 6.45) is 2.82. The van der Waals surface area contributed by atoms with Gasteiger partial charge in [0, 0.05) is 25.9 Å². The Morgan fingerprint density at radius 3 is 2.53 bits per heavy atom. The Morgan fingerprint density at radius 2 is 1.93 bits per heavy atom. The van der Waals surface area contributed by atoms with Gasteiger partial charge in [-0.25, -0.2) is 9.97 Å². The molecule has 0 radical (unpaired) electrons. The molecule has 0 fully saturated rings. The van der Waals surface area contributed by atoms with Crippen LogP contribution in [-0.2, 0) is 11.2 Å². The number of aryl methyl sites for hydroxylation is 3. The number of aromatic nitrogens is 3. The van der Waals surface area contributed by atoms with Crippen molar-refractivity contribution in [2.75, 3.05) is 27.9 Å². The molecule has 7 heteroatoms. The Morgan fingerprint density at radius 1 is 1.20 bits per heavy atom. The van der Waals surface area contributed by atoms with Gasteiger partial charge in [0.15, 0.2) is 0 Å². The maximum atomic E-state index is 12.4. The van der Waals surface area contributed by atoms with Crippen LogP contribution in [0.15, 0.2) is 18.3 Å². The quantitative estimate of drug-likeness (QED) is 0.640. The number of methoxy groups -OCH3 is 2. The van der Waals surface area contributed by atoms with E-state index in [1.54, 1.807) is 14.2 Å². The van der Waals surface area contributed by atoms with E-state index in [2.05, 4.69) is 41.0 Å². The first-order valence-electron chi connectivity index (χ1n) is 10.1. The van der Waals surface area contributed by atoms with Crippen molar-refractivity contribution in [3.63, 3.8) is 0 Å². The summed E-state index contributed by atoms with van der Waals surface area (Å²) in [5.74, 6) is 0.0853. The largest absolute Gasteiger partial charge is 0.480 e. The predicted octanol–water partition coefficient (Wildman–Crippen LogP) is 3.85. The highest BCUT2D eigenvalue weighted by Gasteiger charge is 2.21. The van der Waals surface area contributed by atoms with Gasteiger partial charge in [0.1, 0.15) is 5.56 Å². The normalized spacial score (nSPS) is 12.2. The lowest BCUT2D eigenvalue weighted by Crippen LogP contribution is -2.20. The van der Waals surface area contributed by atoms with E-state index in [1.165, 1.54) is 7.11 Å². The van der Waals surface area contributed by atoms with E-state index in [4.69, 9.17) is 14.5 Å². The number of carbonyl (C=O) groups is 1. The van der Waals surface area contributed by atoms with Gasteiger partial charge in [0.25, 0.3) is 5.91 Å². The highest BCUT2D eigenvalue weighted by atomic mass is 16.5. The lowest BCUT2D eigenvalue weighted by molar-refractivity contribution is 0.0959. The molecular formula is C23H30N4O3. The smallest absolute Gasteiger partial charge is 0.256 e. The second kappa shape index (κ2) is 8.83. The minimum Gasteiger partial charge on any atom is -0.480 e. The van der Waals surface area contributed by atoms with Crippen LogP contribution >= 0.6 is 0 Å². The summed E-state index contributed by atoms with van der Waals surface area (Å²) in [5.41, 5.74) is 7.07. The molecule has 0 unspecified atom stereocenters. The molecule has 0 saturated heterocycles. The van der Waals surface area contributed by atoms with Crippen molar-refractivity contribution in [3.05, 3.63) is 40.7 Å². The average molecular weight is 411 g/mol. The van der Waals surface area contributed by atoms with Gasteiger partial charge in [-0.1, -0.05) is 6.92 Å². The van der Waals surface area contributed by atoms with Crippen molar-refractivity contribution in [1.29, 1.82) is 0 Å². The molecule has 0 saturated carbocycles. The predicted molar refractivity (Wildman–Crippen MR) is 118 cm³/mol. The zero-order valence-corrected chi connectivity index (χ0v) is 18.8. The lowest BCUT2D eigenvalue weighted by atomic mass is 10.0. The van der Waals surface area contributed by atoms with Crippen molar-refractivity contribution >= 4 is 16.9 Å². The molecule has 7 nitrogen and oxygen atoms in total. The Hall–Kier alpha value is -2.93. The molecular weight excluding hydrogens is 380 g/mol. The van der Waals surface area contributed by atoms with Gasteiger partial charge in [-0.05, 0) is 50.5 Å². The molecule has 0 spiro atoms. The number of fused-ring (bicyclic) bond motifs is 1. The summed E-state index contributed by atoms with van der Waals surface area (Å²) in [7, 11) is 4.83. The summed E-state index contributed by atoms with van der Waals surface area (Å²) < 4.78 is 12.9. The van der Waals surface area contributed by atoms with Crippen LogP contribution in [0.25, 0.3) is 22.3 Å². The SMILES string of the molecule is CCc1nc(OC)c(C(=O)NC)cc1-c1nc2c(C)cn([C@@H](C)COC)c2cc1C. The highest BCUT2D eigenvalue weighted by molar-refractivity contribution is 5.98. The number of ether oxygens (including phenoxy) is 2. The fraction of sp³-hybridized carbons (Fsp3) is 0.435. The van der Waals surface area contributed by atoms with Gasteiger partial charge >= 0.3 is 0 Å². The van der Waals surface area contributed by atoms with Crippen LogP contribution < -0.4 is 10.1 Å². The molecule has 1 atom stereocenters. The van der Waals surface area contributed by atoms with Gasteiger partial charge < -0.3 is 19.4 Å². The number of nitrogens with one attached hydrogen (secondary N) is 1. The molecule has 30 heavy (non-hydrogen) atoms. The first-order valence-corrected chi connectivity index (χ1v) is 10.1. The zero-order chi connectivity index (χ0) is 22.0. The maximum Gasteiger partial charge on any atom is 0.256 e. The number of carbonyl (C=O) groups excluding carboxylic acids is 1. The second-order valence-corrected chi connectivity index (χ2v) is 7.52. The molecule has 1 N–H and O–H groups in total. The number of amides is 1. The molecule has 1 amide bonds. The summed E-state index contributed by atoms with van der Waals surface area (Å²) in [4.78, 5) is 22.0. The fourth-order valence-electron chi connectivity index (χ4n) is 3.84. The Labute approximate surface area is 177 Å². The van der Waals surface area contributed by atoms with Gasteiger partial charge in [-0.3, -0.25) is 4.79 Å². The molecule has 0 bridgehead atoms. The number of hydrogen-bond donors (Lipinski definition) is 1. The molecule has 0 aliphatic rings. The third-order valence-electron chi connectivity index (χ3n) is 5.38. The van der Waals surface area contributed by atoms with E-state index in [0.29, 0.717) is 24.5 Å². The molecule has 0 aliphatic heterocycles. The van der Waals surface area contributed by atoms with Gasteiger partial charge in [-0.15, -0.1) is 0 Å². The maximum absolute atomic E-state index is 12.4. The van der Waals surface area contributed by atoms with Gasteiger partial charge in [-0.2, -0.15) is 0 Å². The van der Waals surface area contributed by atoms with Crippen LogP contribution in [0, 0.1) is 13.8 Å². The zero-order valence-electron chi connectivity index (χ0n) is 18.8. The van der Waals surface area contributed by atoms with E-state index in [9.17, 15) is 4.79 Å². The summed E-state index contributed by atoms with van der Waals surface area (Å²) in [6.45, 7) is 8.89. The first kappa shape index (κ1) is 21.8.